The van der Waals surface area contributed by atoms with Crippen LogP contribution in [0.4, 0.5) is 5.82 Å². The Balaban J connectivity index is 1.96. The maximum Gasteiger partial charge on any atom is 0.147 e. The molecule has 88 valence electrons. The highest BCUT2D eigenvalue weighted by Crippen LogP contribution is 2.24. The van der Waals surface area contributed by atoms with Crippen molar-refractivity contribution in [1.29, 1.82) is 0 Å². The van der Waals surface area contributed by atoms with Gasteiger partial charge >= 0.3 is 0 Å². The molecule has 0 spiro atoms. The van der Waals surface area contributed by atoms with Crippen molar-refractivity contribution >= 4 is 5.82 Å². The summed E-state index contributed by atoms with van der Waals surface area (Å²) in [6.07, 6.45) is 5.44. The smallest absolute Gasteiger partial charge is 0.147 e. The number of hydrogen-bond acceptors (Lipinski definition) is 4. The highest BCUT2D eigenvalue weighted by Gasteiger charge is 2.23. The third kappa shape index (κ3) is 2.50. The fourth-order valence-electron chi connectivity index (χ4n) is 2.25. The van der Waals surface area contributed by atoms with E-state index >= 15 is 0 Å². The van der Waals surface area contributed by atoms with Crippen LogP contribution in [0.3, 0.4) is 0 Å². The van der Waals surface area contributed by atoms with Crippen molar-refractivity contribution in [2.75, 3.05) is 11.9 Å². The number of aromatic nitrogens is 2. The quantitative estimate of drug-likeness (QED) is 0.812. The van der Waals surface area contributed by atoms with E-state index in [0.29, 0.717) is 12.0 Å². The van der Waals surface area contributed by atoms with Gasteiger partial charge in [-0.05, 0) is 32.6 Å². The SMILES string of the molecule is Cc1cnc(C)c(NCC2CCCC2N)n1. The van der Waals surface area contributed by atoms with Crippen molar-refractivity contribution in [3.63, 3.8) is 0 Å². The molecule has 0 bridgehead atoms. The van der Waals surface area contributed by atoms with Gasteiger partial charge in [0.1, 0.15) is 5.82 Å². The molecular formula is C12H20N4. The molecule has 2 rings (SSSR count). The van der Waals surface area contributed by atoms with Crippen molar-refractivity contribution < 1.29 is 0 Å². The van der Waals surface area contributed by atoms with Gasteiger partial charge < -0.3 is 11.1 Å². The van der Waals surface area contributed by atoms with Gasteiger partial charge in [0.2, 0.25) is 0 Å². The Bertz CT molecular complexity index is 364. The zero-order chi connectivity index (χ0) is 11.5. The summed E-state index contributed by atoms with van der Waals surface area (Å²) in [5.41, 5.74) is 7.94. The van der Waals surface area contributed by atoms with E-state index in [-0.39, 0.29) is 0 Å². The summed E-state index contributed by atoms with van der Waals surface area (Å²) in [6.45, 7) is 4.85. The van der Waals surface area contributed by atoms with Crippen molar-refractivity contribution in [1.82, 2.24) is 9.97 Å². The summed E-state index contributed by atoms with van der Waals surface area (Å²) in [7, 11) is 0. The third-order valence-corrected chi connectivity index (χ3v) is 3.33. The van der Waals surface area contributed by atoms with Crippen molar-refractivity contribution in [3.8, 4) is 0 Å². The van der Waals surface area contributed by atoms with Gasteiger partial charge in [0, 0.05) is 18.8 Å². The van der Waals surface area contributed by atoms with Crippen molar-refractivity contribution in [2.24, 2.45) is 11.7 Å². The molecule has 0 saturated heterocycles. The summed E-state index contributed by atoms with van der Waals surface area (Å²) in [5.74, 6) is 1.49. The Hall–Kier alpha value is -1.16. The molecule has 1 saturated carbocycles. The summed E-state index contributed by atoms with van der Waals surface area (Å²) < 4.78 is 0. The van der Waals surface area contributed by atoms with Gasteiger partial charge in [-0.25, -0.2) is 4.98 Å². The van der Waals surface area contributed by atoms with E-state index in [1.54, 1.807) is 6.20 Å². The van der Waals surface area contributed by atoms with Crippen LogP contribution in [0, 0.1) is 19.8 Å². The minimum absolute atomic E-state index is 0.352. The van der Waals surface area contributed by atoms with E-state index in [0.717, 1.165) is 30.2 Å². The normalized spacial score (nSPS) is 24.7. The van der Waals surface area contributed by atoms with Gasteiger partial charge in [-0.1, -0.05) is 6.42 Å². The number of anilines is 1. The molecule has 16 heavy (non-hydrogen) atoms. The van der Waals surface area contributed by atoms with E-state index in [1.807, 2.05) is 13.8 Å². The molecule has 0 amide bonds. The molecule has 0 aliphatic heterocycles. The van der Waals surface area contributed by atoms with Crippen molar-refractivity contribution in [3.05, 3.63) is 17.6 Å². The van der Waals surface area contributed by atoms with Crippen LogP contribution in [-0.4, -0.2) is 22.6 Å². The lowest BCUT2D eigenvalue weighted by Crippen LogP contribution is -2.30. The molecule has 1 fully saturated rings. The van der Waals surface area contributed by atoms with Crippen LogP contribution in [0.5, 0.6) is 0 Å². The van der Waals surface area contributed by atoms with E-state index in [4.69, 9.17) is 5.73 Å². The molecule has 4 heteroatoms. The van der Waals surface area contributed by atoms with E-state index in [9.17, 15) is 0 Å². The van der Waals surface area contributed by atoms with Gasteiger partial charge in [0.05, 0.1) is 11.4 Å². The van der Waals surface area contributed by atoms with E-state index in [2.05, 4.69) is 15.3 Å². The standard InChI is InChI=1S/C12H20N4/c1-8-6-14-9(2)12(16-8)15-7-10-4-3-5-11(10)13/h6,10-11H,3-5,7,13H2,1-2H3,(H,15,16). The molecule has 1 aromatic rings. The third-order valence-electron chi connectivity index (χ3n) is 3.33. The first-order valence-electron chi connectivity index (χ1n) is 5.96. The number of nitrogens with one attached hydrogen (secondary N) is 1. The molecule has 4 nitrogen and oxygen atoms in total. The molecular weight excluding hydrogens is 200 g/mol. The maximum atomic E-state index is 6.04. The van der Waals surface area contributed by atoms with Crippen LogP contribution < -0.4 is 11.1 Å². The van der Waals surface area contributed by atoms with Crippen LogP contribution in [0.15, 0.2) is 6.20 Å². The highest BCUT2D eigenvalue weighted by molar-refractivity contribution is 5.39. The Labute approximate surface area is 96.7 Å². The molecule has 0 radical (unpaired) electrons. The Morgan fingerprint density at radius 2 is 2.25 bits per heavy atom. The first-order chi connectivity index (χ1) is 7.66. The average molecular weight is 220 g/mol. The largest absolute Gasteiger partial charge is 0.368 e. The van der Waals surface area contributed by atoms with Crippen molar-refractivity contribution in [2.45, 2.75) is 39.2 Å². The summed E-state index contributed by atoms with van der Waals surface area (Å²) in [5, 5.41) is 3.37. The molecule has 1 aliphatic carbocycles. The average Bonchev–Trinajstić information content (AvgIpc) is 2.66. The van der Waals surface area contributed by atoms with Gasteiger partial charge in [-0.15, -0.1) is 0 Å². The zero-order valence-electron chi connectivity index (χ0n) is 10.0. The molecule has 2 atom stereocenters. The van der Waals surface area contributed by atoms with Crippen LogP contribution in [0.25, 0.3) is 0 Å². The summed E-state index contributed by atoms with van der Waals surface area (Å²) in [4.78, 5) is 8.73. The molecule has 1 aliphatic rings. The number of rotatable bonds is 3. The van der Waals surface area contributed by atoms with Gasteiger partial charge in [-0.3, -0.25) is 4.98 Å². The number of nitrogens with zero attached hydrogens (tertiary/aromatic N) is 2. The zero-order valence-corrected chi connectivity index (χ0v) is 10.0. The number of aryl methyl sites for hydroxylation is 2. The van der Waals surface area contributed by atoms with Crippen LogP contribution in [-0.2, 0) is 0 Å². The van der Waals surface area contributed by atoms with Crippen LogP contribution in [0.1, 0.15) is 30.7 Å². The fraction of sp³-hybridized carbons (Fsp3) is 0.667. The lowest BCUT2D eigenvalue weighted by molar-refractivity contribution is 0.504. The fourth-order valence-corrected chi connectivity index (χ4v) is 2.25. The van der Waals surface area contributed by atoms with Gasteiger partial charge in [0.15, 0.2) is 0 Å². The monoisotopic (exact) mass is 220 g/mol. The lowest BCUT2D eigenvalue weighted by Gasteiger charge is -2.17. The number of hydrogen-bond donors (Lipinski definition) is 2. The summed E-state index contributed by atoms with van der Waals surface area (Å²) in [6, 6.07) is 0.352. The van der Waals surface area contributed by atoms with Gasteiger partial charge in [-0.2, -0.15) is 0 Å². The first kappa shape index (κ1) is 11.3. The Morgan fingerprint density at radius 1 is 1.44 bits per heavy atom. The second-order valence-electron chi connectivity index (χ2n) is 4.68. The number of nitrogens with two attached hydrogens (primary N) is 1. The predicted molar refractivity (Wildman–Crippen MR) is 65.3 cm³/mol. The van der Waals surface area contributed by atoms with Crippen LogP contribution >= 0.6 is 0 Å². The van der Waals surface area contributed by atoms with Gasteiger partial charge in [0.25, 0.3) is 0 Å². The van der Waals surface area contributed by atoms with Crippen LogP contribution in [0.2, 0.25) is 0 Å². The molecule has 1 aromatic heterocycles. The van der Waals surface area contributed by atoms with E-state index < -0.39 is 0 Å². The topological polar surface area (TPSA) is 63.8 Å². The summed E-state index contributed by atoms with van der Waals surface area (Å²) >= 11 is 0. The molecule has 2 unspecified atom stereocenters. The Morgan fingerprint density at radius 3 is 2.94 bits per heavy atom. The minimum atomic E-state index is 0.352. The minimum Gasteiger partial charge on any atom is -0.368 e. The molecule has 1 heterocycles. The maximum absolute atomic E-state index is 6.04. The van der Waals surface area contributed by atoms with E-state index in [1.165, 1.54) is 12.8 Å². The first-order valence-corrected chi connectivity index (χ1v) is 5.96. The molecule has 0 aromatic carbocycles. The molecule has 3 N–H and O–H groups in total. The second-order valence-corrected chi connectivity index (χ2v) is 4.68. The predicted octanol–water partition coefficient (Wildman–Crippen LogP) is 1.63. The second kappa shape index (κ2) is 4.78. The highest BCUT2D eigenvalue weighted by atomic mass is 15.0. The lowest BCUT2D eigenvalue weighted by atomic mass is 10.1. The Kier molecular flexibility index (Phi) is 3.39.